The molecule has 0 aromatic heterocycles. The molecule has 50 valence electrons. The molecule has 1 amide bonds. The van der Waals surface area contributed by atoms with Crippen LogP contribution in [-0.4, -0.2) is 28.7 Å². The molecule has 0 spiro atoms. The molecular formula is C6H9NO2. The van der Waals surface area contributed by atoms with Crippen LogP contribution in [0.4, 0.5) is 4.79 Å². The lowest BCUT2D eigenvalue weighted by molar-refractivity contribution is 0.146. The van der Waals surface area contributed by atoms with Gasteiger partial charge in [-0.15, -0.1) is 0 Å². The molecule has 1 rings (SSSR count). The Balaban J connectivity index is 2.55. The Morgan fingerprint density at radius 3 is 2.78 bits per heavy atom. The van der Waals surface area contributed by atoms with Crippen LogP contribution in [0.1, 0.15) is 6.92 Å². The fraction of sp³-hybridized carbons (Fsp3) is 0.500. The quantitative estimate of drug-likeness (QED) is 0.491. The monoisotopic (exact) mass is 127 g/mol. The van der Waals surface area contributed by atoms with Crippen molar-refractivity contribution in [3.8, 4) is 0 Å². The molecule has 1 atom stereocenters. The van der Waals surface area contributed by atoms with Gasteiger partial charge < -0.3 is 5.11 Å². The molecule has 0 saturated heterocycles. The molecule has 3 nitrogen and oxygen atoms in total. The third-order valence-corrected chi connectivity index (χ3v) is 1.45. The molecule has 0 aliphatic carbocycles. The number of hydrogen-bond donors (Lipinski definition) is 1. The molecule has 9 heavy (non-hydrogen) atoms. The van der Waals surface area contributed by atoms with Gasteiger partial charge in [-0.1, -0.05) is 12.2 Å². The van der Waals surface area contributed by atoms with Crippen LogP contribution < -0.4 is 0 Å². The van der Waals surface area contributed by atoms with Gasteiger partial charge in [0.1, 0.15) is 0 Å². The summed E-state index contributed by atoms with van der Waals surface area (Å²) in [5, 5.41) is 8.47. The van der Waals surface area contributed by atoms with Crippen LogP contribution >= 0.6 is 0 Å². The zero-order chi connectivity index (χ0) is 6.85. The zero-order valence-electron chi connectivity index (χ0n) is 5.24. The highest BCUT2D eigenvalue weighted by Crippen LogP contribution is 2.07. The van der Waals surface area contributed by atoms with E-state index in [1.54, 1.807) is 0 Å². The highest BCUT2D eigenvalue weighted by molar-refractivity contribution is 5.66. The summed E-state index contributed by atoms with van der Waals surface area (Å²) >= 11 is 0. The number of hydrogen-bond acceptors (Lipinski definition) is 1. The van der Waals surface area contributed by atoms with Gasteiger partial charge in [0, 0.05) is 6.54 Å². The van der Waals surface area contributed by atoms with Crippen molar-refractivity contribution in [2.45, 2.75) is 13.0 Å². The lowest BCUT2D eigenvalue weighted by Crippen LogP contribution is -2.32. The third-order valence-electron chi connectivity index (χ3n) is 1.45. The normalized spacial score (nSPS) is 25.0. The summed E-state index contributed by atoms with van der Waals surface area (Å²) in [6.07, 6.45) is 2.90. The minimum Gasteiger partial charge on any atom is -0.465 e. The van der Waals surface area contributed by atoms with E-state index in [1.165, 1.54) is 4.90 Å². The summed E-state index contributed by atoms with van der Waals surface area (Å²) in [6.45, 7) is 2.40. The van der Waals surface area contributed by atoms with Gasteiger partial charge >= 0.3 is 6.09 Å². The van der Waals surface area contributed by atoms with Gasteiger partial charge in [0.25, 0.3) is 0 Å². The SMILES string of the molecule is CC1C=CCN1C(=O)O. The predicted molar refractivity (Wildman–Crippen MR) is 33.3 cm³/mol. The van der Waals surface area contributed by atoms with Crippen molar-refractivity contribution in [2.75, 3.05) is 6.54 Å². The van der Waals surface area contributed by atoms with E-state index in [9.17, 15) is 4.79 Å². The van der Waals surface area contributed by atoms with Crippen LogP contribution in [0.3, 0.4) is 0 Å². The van der Waals surface area contributed by atoms with Crippen LogP contribution in [0, 0.1) is 0 Å². The molecule has 1 unspecified atom stereocenters. The number of carbonyl (C=O) groups is 1. The number of rotatable bonds is 0. The Morgan fingerprint density at radius 1 is 1.89 bits per heavy atom. The first-order valence-corrected chi connectivity index (χ1v) is 2.88. The first kappa shape index (κ1) is 6.13. The molecule has 0 bridgehead atoms. The van der Waals surface area contributed by atoms with Crippen LogP contribution in [0.2, 0.25) is 0 Å². The van der Waals surface area contributed by atoms with Gasteiger partial charge in [0.15, 0.2) is 0 Å². The average molecular weight is 127 g/mol. The summed E-state index contributed by atoms with van der Waals surface area (Å²) in [5.74, 6) is 0. The summed E-state index contributed by atoms with van der Waals surface area (Å²) in [6, 6.07) is 0.0579. The summed E-state index contributed by atoms with van der Waals surface area (Å²) in [5.41, 5.74) is 0. The molecule has 1 aliphatic heterocycles. The van der Waals surface area contributed by atoms with Crippen molar-refractivity contribution < 1.29 is 9.90 Å². The molecule has 3 heteroatoms. The first-order chi connectivity index (χ1) is 4.22. The molecule has 0 fully saturated rings. The Kier molecular flexibility index (Phi) is 1.42. The first-order valence-electron chi connectivity index (χ1n) is 2.88. The Labute approximate surface area is 53.6 Å². The second kappa shape index (κ2) is 2.09. The maximum absolute atomic E-state index is 10.3. The lowest BCUT2D eigenvalue weighted by atomic mass is 10.3. The van der Waals surface area contributed by atoms with Crippen LogP contribution in [0.15, 0.2) is 12.2 Å². The van der Waals surface area contributed by atoms with E-state index < -0.39 is 6.09 Å². The molecular weight excluding hydrogens is 118 g/mol. The van der Waals surface area contributed by atoms with E-state index in [4.69, 9.17) is 5.11 Å². The van der Waals surface area contributed by atoms with Gasteiger partial charge in [-0.05, 0) is 6.92 Å². The Hall–Kier alpha value is -0.990. The molecule has 0 saturated carbocycles. The third kappa shape index (κ3) is 1.04. The van der Waals surface area contributed by atoms with Crippen molar-refractivity contribution in [3.63, 3.8) is 0 Å². The van der Waals surface area contributed by atoms with Gasteiger partial charge in [-0.25, -0.2) is 4.79 Å². The van der Waals surface area contributed by atoms with E-state index in [0.717, 1.165) is 0 Å². The molecule has 1 N–H and O–H groups in total. The minimum absolute atomic E-state index is 0.0579. The van der Waals surface area contributed by atoms with E-state index in [-0.39, 0.29) is 6.04 Å². The van der Waals surface area contributed by atoms with Crippen molar-refractivity contribution >= 4 is 6.09 Å². The van der Waals surface area contributed by atoms with Crippen LogP contribution in [0.5, 0.6) is 0 Å². The summed E-state index contributed by atoms with van der Waals surface area (Å²) in [4.78, 5) is 11.7. The second-order valence-corrected chi connectivity index (χ2v) is 2.10. The maximum Gasteiger partial charge on any atom is 0.408 e. The average Bonchev–Trinajstić information content (AvgIpc) is 2.13. The lowest BCUT2D eigenvalue weighted by Gasteiger charge is -2.16. The van der Waals surface area contributed by atoms with E-state index in [1.807, 2.05) is 19.1 Å². The fourth-order valence-electron chi connectivity index (χ4n) is 0.894. The Bertz CT molecular complexity index is 153. The topological polar surface area (TPSA) is 40.5 Å². The van der Waals surface area contributed by atoms with Gasteiger partial charge in [0.2, 0.25) is 0 Å². The predicted octanol–water partition coefficient (Wildman–Crippen LogP) is 0.925. The van der Waals surface area contributed by atoms with Gasteiger partial charge in [-0.2, -0.15) is 0 Å². The van der Waals surface area contributed by atoms with Gasteiger partial charge in [0.05, 0.1) is 6.04 Å². The summed E-state index contributed by atoms with van der Waals surface area (Å²) < 4.78 is 0. The standard InChI is InChI=1S/C6H9NO2/c1-5-3-2-4-7(5)6(8)9/h2-3,5H,4H2,1H3,(H,8,9). The van der Waals surface area contributed by atoms with E-state index >= 15 is 0 Å². The van der Waals surface area contributed by atoms with Gasteiger partial charge in [-0.3, -0.25) is 4.90 Å². The van der Waals surface area contributed by atoms with E-state index in [2.05, 4.69) is 0 Å². The molecule has 1 aliphatic rings. The second-order valence-electron chi connectivity index (χ2n) is 2.10. The summed E-state index contributed by atoms with van der Waals surface area (Å²) in [7, 11) is 0. The van der Waals surface area contributed by atoms with Crippen molar-refractivity contribution in [1.82, 2.24) is 4.90 Å². The minimum atomic E-state index is -0.840. The molecule has 1 heterocycles. The van der Waals surface area contributed by atoms with Crippen LogP contribution in [0.25, 0.3) is 0 Å². The van der Waals surface area contributed by atoms with Crippen LogP contribution in [-0.2, 0) is 0 Å². The van der Waals surface area contributed by atoms with Crippen molar-refractivity contribution in [3.05, 3.63) is 12.2 Å². The fourth-order valence-corrected chi connectivity index (χ4v) is 0.894. The van der Waals surface area contributed by atoms with E-state index in [0.29, 0.717) is 6.54 Å². The Morgan fingerprint density at radius 2 is 2.56 bits per heavy atom. The molecule has 0 radical (unpaired) electrons. The molecule has 0 aromatic carbocycles. The number of amides is 1. The number of carboxylic acid groups (broad SMARTS) is 1. The van der Waals surface area contributed by atoms with Crippen molar-refractivity contribution in [2.24, 2.45) is 0 Å². The zero-order valence-corrected chi connectivity index (χ0v) is 5.24. The number of nitrogens with zero attached hydrogens (tertiary/aromatic N) is 1. The molecule has 0 aromatic rings. The highest BCUT2D eigenvalue weighted by Gasteiger charge is 2.18. The maximum atomic E-state index is 10.3. The smallest absolute Gasteiger partial charge is 0.408 e. The highest BCUT2D eigenvalue weighted by atomic mass is 16.4. The van der Waals surface area contributed by atoms with Crippen molar-refractivity contribution in [1.29, 1.82) is 0 Å². The largest absolute Gasteiger partial charge is 0.465 e.